The summed E-state index contributed by atoms with van der Waals surface area (Å²) >= 11 is 0. The maximum Gasteiger partial charge on any atom is 0.248 e. The Labute approximate surface area is 115 Å². The third kappa shape index (κ3) is 13.1. The summed E-state index contributed by atoms with van der Waals surface area (Å²) in [6.45, 7) is 7.23. The van der Waals surface area contributed by atoms with Crippen molar-refractivity contribution < 1.29 is 14.4 Å². The zero-order chi connectivity index (χ0) is 14.5. The molecular formula is C13H27N3O3. The molecule has 0 fully saturated rings. The topological polar surface area (TPSA) is 79.5 Å². The summed E-state index contributed by atoms with van der Waals surface area (Å²) in [6, 6.07) is 0.350. The normalized spacial score (nSPS) is 10.5. The molecule has 0 spiro atoms. The van der Waals surface area contributed by atoms with Gasteiger partial charge in [-0.3, -0.25) is 14.4 Å². The molecule has 0 rings (SSSR count). The van der Waals surface area contributed by atoms with Crippen LogP contribution in [-0.4, -0.2) is 37.6 Å². The van der Waals surface area contributed by atoms with Crippen molar-refractivity contribution in [3.63, 3.8) is 0 Å². The first-order valence-electron chi connectivity index (χ1n) is 6.97. The third-order valence-corrected chi connectivity index (χ3v) is 2.40. The highest BCUT2D eigenvalue weighted by atomic mass is 16.7. The largest absolute Gasteiger partial charge is 0.354 e. The second-order valence-corrected chi connectivity index (χ2v) is 4.73. The number of unbranched alkanes of at least 4 members (excludes halogenated alkanes) is 2. The molecule has 0 saturated heterocycles. The Balaban J connectivity index is 3.40. The van der Waals surface area contributed by atoms with Gasteiger partial charge in [0.25, 0.3) is 0 Å². The average Bonchev–Trinajstić information content (AvgIpc) is 2.34. The van der Waals surface area contributed by atoms with Crippen molar-refractivity contribution in [2.75, 3.05) is 19.7 Å². The standard InChI is InChI=1S/C13H27N3O3/c1-4-5-6-8-15-13(18)10-19-16-12(17)7-9-14-11(2)3/h11,14H,4-10H2,1-3H3,(H,15,18)(H,16,17). The smallest absolute Gasteiger partial charge is 0.248 e. The lowest BCUT2D eigenvalue weighted by atomic mass is 10.2. The Morgan fingerprint density at radius 2 is 1.84 bits per heavy atom. The summed E-state index contributed by atoms with van der Waals surface area (Å²) < 4.78 is 0. The van der Waals surface area contributed by atoms with E-state index in [1.807, 2.05) is 13.8 Å². The first-order chi connectivity index (χ1) is 9.06. The highest BCUT2D eigenvalue weighted by molar-refractivity contribution is 5.78. The molecule has 112 valence electrons. The predicted octanol–water partition coefficient (Wildman–Crippen LogP) is 0.729. The van der Waals surface area contributed by atoms with Gasteiger partial charge in [-0.15, -0.1) is 0 Å². The van der Waals surface area contributed by atoms with E-state index in [9.17, 15) is 9.59 Å². The van der Waals surface area contributed by atoms with Gasteiger partial charge in [0.1, 0.15) is 0 Å². The Morgan fingerprint density at radius 1 is 1.11 bits per heavy atom. The van der Waals surface area contributed by atoms with Crippen LogP contribution in [0.3, 0.4) is 0 Å². The lowest BCUT2D eigenvalue weighted by molar-refractivity contribution is -0.139. The van der Waals surface area contributed by atoms with Crippen molar-refractivity contribution >= 4 is 11.8 Å². The maximum absolute atomic E-state index is 11.3. The summed E-state index contributed by atoms with van der Waals surface area (Å²) in [5.74, 6) is -0.441. The van der Waals surface area contributed by atoms with Crippen LogP contribution in [-0.2, 0) is 14.4 Å². The molecule has 0 aliphatic heterocycles. The summed E-state index contributed by atoms with van der Waals surface area (Å²) in [5.41, 5.74) is 2.25. The van der Waals surface area contributed by atoms with Crippen LogP contribution in [0.15, 0.2) is 0 Å². The molecule has 0 heterocycles. The second-order valence-electron chi connectivity index (χ2n) is 4.73. The monoisotopic (exact) mass is 273 g/mol. The van der Waals surface area contributed by atoms with Crippen molar-refractivity contribution in [1.82, 2.24) is 16.1 Å². The zero-order valence-corrected chi connectivity index (χ0v) is 12.3. The van der Waals surface area contributed by atoms with Crippen molar-refractivity contribution in [3.05, 3.63) is 0 Å². The minimum absolute atomic E-state index is 0.143. The fourth-order valence-electron chi connectivity index (χ4n) is 1.36. The number of rotatable bonds is 11. The van der Waals surface area contributed by atoms with E-state index in [0.717, 1.165) is 19.3 Å². The minimum atomic E-state index is -0.230. The molecule has 0 aromatic rings. The molecule has 6 heteroatoms. The fraction of sp³-hybridized carbons (Fsp3) is 0.846. The van der Waals surface area contributed by atoms with E-state index in [1.165, 1.54) is 0 Å². The lowest BCUT2D eigenvalue weighted by Crippen LogP contribution is -2.35. The number of amides is 2. The molecule has 6 nitrogen and oxygen atoms in total. The number of nitrogens with one attached hydrogen (secondary N) is 3. The van der Waals surface area contributed by atoms with Gasteiger partial charge in [-0.2, -0.15) is 0 Å². The van der Waals surface area contributed by atoms with Gasteiger partial charge in [0.15, 0.2) is 6.61 Å². The van der Waals surface area contributed by atoms with Gasteiger partial charge >= 0.3 is 0 Å². The summed E-state index contributed by atoms with van der Waals surface area (Å²) in [6.07, 6.45) is 3.51. The second kappa shape index (κ2) is 11.9. The lowest BCUT2D eigenvalue weighted by Gasteiger charge is -2.09. The molecule has 0 saturated carbocycles. The first-order valence-corrected chi connectivity index (χ1v) is 6.97. The molecule has 0 aliphatic rings. The molecule has 0 aromatic carbocycles. The van der Waals surface area contributed by atoms with Crippen LogP contribution in [0.25, 0.3) is 0 Å². The molecule has 0 aliphatic carbocycles. The Morgan fingerprint density at radius 3 is 2.47 bits per heavy atom. The van der Waals surface area contributed by atoms with Gasteiger partial charge in [-0.1, -0.05) is 33.6 Å². The first kappa shape index (κ1) is 17.9. The predicted molar refractivity (Wildman–Crippen MR) is 74.4 cm³/mol. The Kier molecular flexibility index (Phi) is 11.2. The molecular weight excluding hydrogens is 246 g/mol. The van der Waals surface area contributed by atoms with E-state index in [4.69, 9.17) is 4.84 Å². The van der Waals surface area contributed by atoms with Gasteiger partial charge in [-0.25, -0.2) is 5.48 Å². The van der Waals surface area contributed by atoms with E-state index in [-0.39, 0.29) is 18.4 Å². The van der Waals surface area contributed by atoms with Crippen LogP contribution in [0, 0.1) is 0 Å². The number of carbonyl (C=O) groups is 2. The average molecular weight is 273 g/mol. The van der Waals surface area contributed by atoms with E-state index < -0.39 is 0 Å². The zero-order valence-electron chi connectivity index (χ0n) is 12.3. The molecule has 0 radical (unpaired) electrons. The molecule has 0 atom stereocenters. The molecule has 3 N–H and O–H groups in total. The number of carbonyl (C=O) groups excluding carboxylic acids is 2. The van der Waals surface area contributed by atoms with Crippen LogP contribution >= 0.6 is 0 Å². The van der Waals surface area contributed by atoms with Gasteiger partial charge < -0.3 is 10.6 Å². The summed E-state index contributed by atoms with van der Waals surface area (Å²) in [4.78, 5) is 27.4. The van der Waals surface area contributed by atoms with Crippen molar-refractivity contribution in [2.45, 2.75) is 52.5 Å². The minimum Gasteiger partial charge on any atom is -0.354 e. The van der Waals surface area contributed by atoms with Crippen LogP contribution in [0.4, 0.5) is 0 Å². The van der Waals surface area contributed by atoms with E-state index in [2.05, 4.69) is 23.0 Å². The Hall–Kier alpha value is -1.14. The Bertz CT molecular complexity index is 258. The van der Waals surface area contributed by atoms with E-state index in [0.29, 0.717) is 25.6 Å². The molecule has 0 bridgehead atoms. The van der Waals surface area contributed by atoms with Crippen LogP contribution in [0.5, 0.6) is 0 Å². The van der Waals surface area contributed by atoms with Crippen molar-refractivity contribution in [3.8, 4) is 0 Å². The molecule has 19 heavy (non-hydrogen) atoms. The van der Waals surface area contributed by atoms with Crippen LogP contribution in [0.1, 0.15) is 46.5 Å². The van der Waals surface area contributed by atoms with Gasteiger partial charge in [0, 0.05) is 25.6 Å². The van der Waals surface area contributed by atoms with E-state index in [1.54, 1.807) is 0 Å². The maximum atomic E-state index is 11.3. The highest BCUT2D eigenvalue weighted by Crippen LogP contribution is 1.90. The van der Waals surface area contributed by atoms with E-state index >= 15 is 0 Å². The summed E-state index contributed by atoms with van der Waals surface area (Å²) in [5, 5.41) is 5.84. The third-order valence-electron chi connectivity index (χ3n) is 2.40. The van der Waals surface area contributed by atoms with Crippen LogP contribution in [0.2, 0.25) is 0 Å². The molecule has 2 amide bonds. The van der Waals surface area contributed by atoms with Crippen molar-refractivity contribution in [2.24, 2.45) is 0 Å². The molecule has 0 aromatic heterocycles. The number of hydrogen-bond donors (Lipinski definition) is 3. The SMILES string of the molecule is CCCCCNC(=O)CONC(=O)CCNC(C)C. The van der Waals surface area contributed by atoms with Gasteiger partial charge in [0.2, 0.25) is 11.8 Å². The highest BCUT2D eigenvalue weighted by Gasteiger charge is 2.04. The van der Waals surface area contributed by atoms with Crippen molar-refractivity contribution in [1.29, 1.82) is 0 Å². The fourth-order valence-corrected chi connectivity index (χ4v) is 1.36. The number of hydroxylamine groups is 1. The van der Waals surface area contributed by atoms with Gasteiger partial charge in [0.05, 0.1) is 0 Å². The number of hydrogen-bond acceptors (Lipinski definition) is 4. The summed E-state index contributed by atoms with van der Waals surface area (Å²) in [7, 11) is 0. The van der Waals surface area contributed by atoms with Gasteiger partial charge in [-0.05, 0) is 6.42 Å². The van der Waals surface area contributed by atoms with Crippen LogP contribution < -0.4 is 16.1 Å². The quantitative estimate of drug-likeness (QED) is 0.383. The molecule has 0 unspecified atom stereocenters.